The van der Waals surface area contributed by atoms with Crippen molar-refractivity contribution in [1.29, 1.82) is 0 Å². The standard InChI is InChI=1S/C11H14N4S/c1-7(9-5-3-4-6-10(9)12)13-11-14-8(2)15-16-11/h3-7H,12H2,1-2H3,(H,13,14,15). The molecule has 1 aromatic heterocycles. The Bertz CT molecular complexity index is 480. The molecule has 0 bridgehead atoms. The molecule has 16 heavy (non-hydrogen) atoms. The molecule has 1 unspecified atom stereocenters. The van der Waals surface area contributed by atoms with Gasteiger partial charge in [-0.25, -0.2) is 4.98 Å². The SMILES string of the molecule is Cc1nsc(NC(C)c2ccccc2N)n1. The molecular weight excluding hydrogens is 220 g/mol. The van der Waals surface area contributed by atoms with Gasteiger partial charge < -0.3 is 11.1 Å². The number of nitrogens with zero attached hydrogens (tertiary/aromatic N) is 2. The van der Waals surface area contributed by atoms with Crippen LogP contribution in [-0.4, -0.2) is 9.36 Å². The van der Waals surface area contributed by atoms with Gasteiger partial charge in [0.15, 0.2) is 0 Å². The highest BCUT2D eigenvalue weighted by atomic mass is 32.1. The molecule has 5 heteroatoms. The van der Waals surface area contributed by atoms with Crippen molar-refractivity contribution >= 4 is 22.4 Å². The second-order valence-corrected chi connectivity index (χ2v) is 4.39. The van der Waals surface area contributed by atoms with Crippen molar-refractivity contribution in [2.75, 3.05) is 11.1 Å². The van der Waals surface area contributed by atoms with Crippen LogP contribution in [0, 0.1) is 6.92 Å². The normalized spacial score (nSPS) is 12.4. The van der Waals surface area contributed by atoms with Gasteiger partial charge in [0.1, 0.15) is 5.82 Å². The maximum atomic E-state index is 5.91. The Hall–Kier alpha value is -1.62. The van der Waals surface area contributed by atoms with E-state index in [-0.39, 0.29) is 6.04 Å². The Morgan fingerprint density at radius 2 is 2.12 bits per heavy atom. The number of nitrogens with two attached hydrogens (primary N) is 1. The van der Waals surface area contributed by atoms with E-state index in [1.165, 1.54) is 11.5 Å². The summed E-state index contributed by atoms with van der Waals surface area (Å²) in [5.74, 6) is 0.792. The molecule has 0 saturated heterocycles. The molecule has 1 heterocycles. The molecule has 0 fully saturated rings. The molecule has 0 aliphatic heterocycles. The Morgan fingerprint density at radius 1 is 1.38 bits per heavy atom. The number of para-hydroxylation sites is 1. The maximum absolute atomic E-state index is 5.91. The van der Waals surface area contributed by atoms with Gasteiger partial charge in [0.2, 0.25) is 5.13 Å². The van der Waals surface area contributed by atoms with E-state index in [0.29, 0.717) is 0 Å². The summed E-state index contributed by atoms with van der Waals surface area (Å²) in [4.78, 5) is 4.26. The van der Waals surface area contributed by atoms with Crippen LogP contribution in [0.5, 0.6) is 0 Å². The fourth-order valence-electron chi connectivity index (χ4n) is 1.52. The van der Waals surface area contributed by atoms with E-state index in [0.717, 1.165) is 22.2 Å². The van der Waals surface area contributed by atoms with E-state index in [1.54, 1.807) is 0 Å². The molecule has 0 spiro atoms. The topological polar surface area (TPSA) is 63.8 Å². The number of aryl methyl sites for hydroxylation is 1. The lowest BCUT2D eigenvalue weighted by molar-refractivity contribution is 0.883. The molecule has 84 valence electrons. The van der Waals surface area contributed by atoms with Gasteiger partial charge in [-0.15, -0.1) is 0 Å². The van der Waals surface area contributed by atoms with Gasteiger partial charge in [-0.1, -0.05) is 18.2 Å². The average molecular weight is 234 g/mol. The maximum Gasteiger partial charge on any atom is 0.203 e. The lowest BCUT2D eigenvalue weighted by Crippen LogP contribution is -2.08. The van der Waals surface area contributed by atoms with Crippen LogP contribution in [0.15, 0.2) is 24.3 Å². The van der Waals surface area contributed by atoms with E-state index in [1.807, 2.05) is 31.2 Å². The van der Waals surface area contributed by atoms with E-state index >= 15 is 0 Å². The van der Waals surface area contributed by atoms with Gasteiger partial charge in [0.25, 0.3) is 0 Å². The summed E-state index contributed by atoms with van der Waals surface area (Å²) in [5, 5.41) is 4.11. The predicted molar refractivity (Wildman–Crippen MR) is 67.5 cm³/mol. The van der Waals surface area contributed by atoms with Crippen molar-refractivity contribution in [3.8, 4) is 0 Å². The Morgan fingerprint density at radius 3 is 2.75 bits per heavy atom. The largest absolute Gasteiger partial charge is 0.398 e. The average Bonchev–Trinajstić information content (AvgIpc) is 2.64. The highest BCUT2D eigenvalue weighted by Crippen LogP contribution is 2.24. The molecule has 4 nitrogen and oxygen atoms in total. The minimum Gasteiger partial charge on any atom is -0.398 e. The van der Waals surface area contributed by atoms with Gasteiger partial charge in [-0.05, 0) is 25.5 Å². The molecule has 1 aromatic carbocycles. The highest BCUT2D eigenvalue weighted by Gasteiger charge is 2.10. The molecule has 0 aliphatic carbocycles. The highest BCUT2D eigenvalue weighted by molar-refractivity contribution is 7.09. The van der Waals surface area contributed by atoms with E-state index in [2.05, 4.69) is 21.6 Å². The van der Waals surface area contributed by atoms with Gasteiger partial charge in [0.05, 0.1) is 6.04 Å². The van der Waals surface area contributed by atoms with E-state index in [9.17, 15) is 0 Å². The third-order valence-corrected chi connectivity index (χ3v) is 3.07. The Balaban J connectivity index is 2.14. The molecular formula is C11H14N4S. The van der Waals surface area contributed by atoms with Gasteiger partial charge in [-0.2, -0.15) is 4.37 Å². The monoisotopic (exact) mass is 234 g/mol. The summed E-state index contributed by atoms with van der Waals surface area (Å²) >= 11 is 1.37. The van der Waals surface area contributed by atoms with Crippen molar-refractivity contribution in [1.82, 2.24) is 9.36 Å². The molecule has 2 rings (SSSR count). The summed E-state index contributed by atoms with van der Waals surface area (Å²) in [6.07, 6.45) is 0. The second-order valence-electron chi connectivity index (χ2n) is 3.64. The summed E-state index contributed by atoms with van der Waals surface area (Å²) in [6, 6.07) is 7.96. The molecule has 0 aliphatic rings. The second kappa shape index (κ2) is 4.49. The molecule has 0 radical (unpaired) electrons. The van der Waals surface area contributed by atoms with Crippen LogP contribution >= 0.6 is 11.5 Å². The molecule has 0 amide bonds. The number of anilines is 2. The first-order valence-corrected chi connectivity index (χ1v) is 5.85. The zero-order chi connectivity index (χ0) is 11.5. The first-order valence-electron chi connectivity index (χ1n) is 5.08. The van der Waals surface area contributed by atoms with Crippen LogP contribution in [0.25, 0.3) is 0 Å². The smallest absolute Gasteiger partial charge is 0.203 e. The van der Waals surface area contributed by atoms with E-state index in [4.69, 9.17) is 5.73 Å². The van der Waals surface area contributed by atoms with Crippen LogP contribution in [0.4, 0.5) is 10.8 Å². The van der Waals surface area contributed by atoms with Gasteiger partial charge in [-0.3, -0.25) is 0 Å². The summed E-state index contributed by atoms with van der Waals surface area (Å²) in [6.45, 7) is 3.94. The Labute approximate surface area is 98.7 Å². The number of aromatic nitrogens is 2. The van der Waals surface area contributed by atoms with E-state index < -0.39 is 0 Å². The quantitative estimate of drug-likeness (QED) is 0.801. The number of nitrogens with one attached hydrogen (secondary N) is 1. The summed E-state index contributed by atoms with van der Waals surface area (Å²) in [5.41, 5.74) is 7.78. The lowest BCUT2D eigenvalue weighted by atomic mass is 10.1. The lowest BCUT2D eigenvalue weighted by Gasteiger charge is -2.14. The van der Waals surface area contributed by atoms with Crippen molar-refractivity contribution in [3.05, 3.63) is 35.7 Å². The molecule has 1 atom stereocenters. The molecule has 0 saturated carbocycles. The number of rotatable bonds is 3. The molecule has 2 aromatic rings. The number of benzene rings is 1. The first-order chi connectivity index (χ1) is 7.66. The van der Waals surface area contributed by atoms with Crippen molar-refractivity contribution in [2.45, 2.75) is 19.9 Å². The zero-order valence-corrected chi connectivity index (χ0v) is 10.1. The summed E-state index contributed by atoms with van der Waals surface area (Å²) in [7, 11) is 0. The Kier molecular flexibility index (Phi) is 3.05. The fourth-order valence-corrected chi connectivity index (χ4v) is 2.19. The first kappa shape index (κ1) is 10.9. The third kappa shape index (κ3) is 2.30. The minimum absolute atomic E-state index is 0.133. The van der Waals surface area contributed by atoms with Crippen molar-refractivity contribution in [3.63, 3.8) is 0 Å². The number of hydrogen-bond donors (Lipinski definition) is 2. The van der Waals surface area contributed by atoms with Gasteiger partial charge in [0, 0.05) is 17.2 Å². The van der Waals surface area contributed by atoms with Crippen LogP contribution in [0.1, 0.15) is 24.4 Å². The number of nitrogen functional groups attached to an aromatic ring is 1. The van der Waals surface area contributed by atoms with Crippen LogP contribution in [0.2, 0.25) is 0 Å². The minimum atomic E-state index is 0.133. The van der Waals surface area contributed by atoms with Crippen LogP contribution in [-0.2, 0) is 0 Å². The van der Waals surface area contributed by atoms with Crippen molar-refractivity contribution < 1.29 is 0 Å². The summed E-state index contributed by atoms with van der Waals surface area (Å²) < 4.78 is 4.12. The van der Waals surface area contributed by atoms with Crippen LogP contribution < -0.4 is 11.1 Å². The number of hydrogen-bond acceptors (Lipinski definition) is 5. The third-order valence-electron chi connectivity index (χ3n) is 2.33. The fraction of sp³-hybridized carbons (Fsp3) is 0.273. The van der Waals surface area contributed by atoms with Crippen molar-refractivity contribution in [2.24, 2.45) is 0 Å². The predicted octanol–water partition coefficient (Wildman–Crippen LogP) is 2.60. The van der Waals surface area contributed by atoms with Gasteiger partial charge >= 0.3 is 0 Å². The molecule has 3 N–H and O–H groups in total. The zero-order valence-electron chi connectivity index (χ0n) is 9.27. The van der Waals surface area contributed by atoms with Crippen LogP contribution in [0.3, 0.4) is 0 Å².